The lowest BCUT2D eigenvalue weighted by Gasteiger charge is -2.19. The number of hydrogen-bond acceptors (Lipinski definition) is 2. The first kappa shape index (κ1) is 15.6. The Hall–Kier alpha value is -0.500. The van der Waals surface area contributed by atoms with E-state index in [1.165, 1.54) is 64.2 Å². The molecule has 0 amide bonds. The van der Waals surface area contributed by atoms with E-state index >= 15 is 0 Å². The molecule has 0 saturated carbocycles. The number of hydrogen-bond donors (Lipinski definition) is 1. The van der Waals surface area contributed by atoms with Crippen LogP contribution in [0.5, 0.6) is 0 Å². The monoisotopic (exact) mass is 253 g/mol. The van der Waals surface area contributed by atoms with E-state index in [9.17, 15) is 0 Å². The van der Waals surface area contributed by atoms with Crippen LogP contribution in [0.3, 0.4) is 0 Å². The smallest absolute Gasteiger partial charge is 0.110 e. The highest BCUT2D eigenvalue weighted by molar-refractivity contribution is 4.82. The molecule has 2 heteroatoms. The number of ether oxygens (including phenoxy) is 1. The van der Waals surface area contributed by atoms with Crippen molar-refractivity contribution in [2.45, 2.75) is 77.2 Å². The van der Waals surface area contributed by atoms with Crippen molar-refractivity contribution in [2.75, 3.05) is 13.1 Å². The minimum atomic E-state index is 0.407. The molecular weight excluding hydrogens is 222 g/mol. The first-order valence-electron chi connectivity index (χ1n) is 7.94. The van der Waals surface area contributed by atoms with Crippen LogP contribution < -0.4 is 5.32 Å². The lowest BCUT2D eigenvalue weighted by atomic mass is 10.1. The van der Waals surface area contributed by atoms with Crippen LogP contribution in [0.25, 0.3) is 0 Å². The van der Waals surface area contributed by atoms with E-state index in [4.69, 9.17) is 4.74 Å². The van der Waals surface area contributed by atoms with Crippen LogP contribution in [-0.2, 0) is 4.74 Å². The van der Waals surface area contributed by atoms with Crippen molar-refractivity contribution in [1.29, 1.82) is 0 Å². The van der Waals surface area contributed by atoms with Crippen LogP contribution in [0.4, 0.5) is 0 Å². The van der Waals surface area contributed by atoms with E-state index in [1.54, 1.807) is 0 Å². The maximum absolute atomic E-state index is 5.52. The minimum Gasteiger partial charge on any atom is -0.497 e. The zero-order chi connectivity index (χ0) is 12.9. The average Bonchev–Trinajstić information content (AvgIpc) is 2.42. The molecule has 1 rings (SSSR count). The standard InChI is InChI=1S/C16H31NO/c1-2-3-4-5-6-7-8-10-13-17-15-16-12-9-11-14-18-16/h11,14,16-17H,2-10,12-13,15H2,1H3. The highest BCUT2D eigenvalue weighted by atomic mass is 16.5. The molecule has 1 N–H and O–H groups in total. The number of rotatable bonds is 11. The summed E-state index contributed by atoms with van der Waals surface area (Å²) in [6, 6.07) is 0. The molecule has 0 aromatic heterocycles. The minimum absolute atomic E-state index is 0.407. The van der Waals surface area contributed by atoms with E-state index in [1.807, 2.05) is 6.26 Å². The number of nitrogens with one attached hydrogen (secondary N) is 1. The summed E-state index contributed by atoms with van der Waals surface area (Å²) in [4.78, 5) is 0. The van der Waals surface area contributed by atoms with Gasteiger partial charge in [-0.15, -0.1) is 0 Å². The van der Waals surface area contributed by atoms with E-state index in [-0.39, 0.29) is 0 Å². The van der Waals surface area contributed by atoms with Gasteiger partial charge in [-0.05, 0) is 31.9 Å². The van der Waals surface area contributed by atoms with E-state index in [2.05, 4.69) is 18.3 Å². The molecule has 0 radical (unpaired) electrons. The van der Waals surface area contributed by atoms with Crippen LogP contribution in [0.2, 0.25) is 0 Å². The van der Waals surface area contributed by atoms with Crippen molar-refractivity contribution in [3.05, 3.63) is 12.3 Å². The maximum Gasteiger partial charge on any atom is 0.110 e. The molecule has 1 unspecified atom stereocenters. The summed E-state index contributed by atoms with van der Waals surface area (Å²) in [6.45, 7) is 4.44. The molecule has 1 aliphatic heterocycles. The lowest BCUT2D eigenvalue weighted by Crippen LogP contribution is -2.29. The summed E-state index contributed by atoms with van der Waals surface area (Å²) in [6.07, 6.45) is 17.9. The third-order valence-electron chi connectivity index (χ3n) is 3.60. The van der Waals surface area contributed by atoms with Gasteiger partial charge in [-0.25, -0.2) is 0 Å². The molecule has 1 heterocycles. The number of unbranched alkanes of at least 4 members (excludes halogenated alkanes) is 7. The van der Waals surface area contributed by atoms with Gasteiger partial charge in [0.05, 0.1) is 6.26 Å². The van der Waals surface area contributed by atoms with Gasteiger partial charge >= 0.3 is 0 Å². The van der Waals surface area contributed by atoms with Crippen LogP contribution >= 0.6 is 0 Å². The summed E-state index contributed by atoms with van der Waals surface area (Å²) in [5, 5.41) is 3.51. The lowest BCUT2D eigenvalue weighted by molar-refractivity contribution is 0.122. The predicted molar refractivity (Wildman–Crippen MR) is 78.7 cm³/mol. The summed E-state index contributed by atoms with van der Waals surface area (Å²) in [7, 11) is 0. The van der Waals surface area contributed by atoms with Crippen LogP contribution in [0.15, 0.2) is 12.3 Å². The molecule has 0 aromatic rings. The topological polar surface area (TPSA) is 21.3 Å². The summed E-state index contributed by atoms with van der Waals surface area (Å²) in [5.74, 6) is 0. The quantitative estimate of drug-likeness (QED) is 0.551. The Balaban J connectivity index is 1.74. The van der Waals surface area contributed by atoms with Gasteiger partial charge in [0.25, 0.3) is 0 Å². The largest absolute Gasteiger partial charge is 0.497 e. The Labute approximate surface area is 113 Å². The van der Waals surface area contributed by atoms with Crippen molar-refractivity contribution in [3.63, 3.8) is 0 Å². The van der Waals surface area contributed by atoms with Gasteiger partial charge in [-0.2, -0.15) is 0 Å². The Morgan fingerprint density at radius 2 is 1.78 bits per heavy atom. The fourth-order valence-electron chi connectivity index (χ4n) is 2.38. The molecule has 0 aromatic carbocycles. The summed E-state index contributed by atoms with van der Waals surface area (Å²) >= 11 is 0. The zero-order valence-corrected chi connectivity index (χ0v) is 12.1. The van der Waals surface area contributed by atoms with Crippen LogP contribution in [0, 0.1) is 0 Å². The molecule has 1 atom stereocenters. The number of allylic oxidation sites excluding steroid dienone is 1. The fraction of sp³-hybridized carbons (Fsp3) is 0.875. The van der Waals surface area contributed by atoms with Gasteiger partial charge in [0, 0.05) is 6.54 Å². The molecule has 106 valence electrons. The average molecular weight is 253 g/mol. The van der Waals surface area contributed by atoms with Gasteiger partial charge in [0.2, 0.25) is 0 Å². The third-order valence-corrected chi connectivity index (χ3v) is 3.60. The van der Waals surface area contributed by atoms with Crippen LogP contribution in [0.1, 0.15) is 71.1 Å². The Morgan fingerprint density at radius 3 is 2.44 bits per heavy atom. The van der Waals surface area contributed by atoms with E-state index in [0.717, 1.165) is 13.1 Å². The summed E-state index contributed by atoms with van der Waals surface area (Å²) in [5.41, 5.74) is 0. The summed E-state index contributed by atoms with van der Waals surface area (Å²) < 4.78 is 5.52. The Bertz CT molecular complexity index is 203. The van der Waals surface area contributed by atoms with Gasteiger partial charge in [-0.1, -0.05) is 51.9 Å². The molecule has 0 bridgehead atoms. The van der Waals surface area contributed by atoms with Crippen molar-refractivity contribution in [1.82, 2.24) is 5.32 Å². The Morgan fingerprint density at radius 1 is 1.06 bits per heavy atom. The molecule has 2 nitrogen and oxygen atoms in total. The van der Waals surface area contributed by atoms with Crippen molar-refractivity contribution < 1.29 is 4.74 Å². The van der Waals surface area contributed by atoms with Crippen LogP contribution in [-0.4, -0.2) is 19.2 Å². The van der Waals surface area contributed by atoms with E-state index < -0.39 is 0 Å². The molecule has 0 spiro atoms. The van der Waals surface area contributed by atoms with Crippen molar-refractivity contribution in [3.8, 4) is 0 Å². The predicted octanol–water partition coefficient (Wildman–Crippen LogP) is 4.41. The van der Waals surface area contributed by atoms with Gasteiger partial charge < -0.3 is 10.1 Å². The molecule has 18 heavy (non-hydrogen) atoms. The van der Waals surface area contributed by atoms with Gasteiger partial charge in [0.1, 0.15) is 6.10 Å². The molecule has 0 fully saturated rings. The molecule has 0 aliphatic carbocycles. The third kappa shape index (κ3) is 8.57. The van der Waals surface area contributed by atoms with Gasteiger partial charge in [-0.3, -0.25) is 0 Å². The zero-order valence-electron chi connectivity index (χ0n) is 12.1. The highest BCUT2D eigenvalue weighted by Gasteiger charge is 2.09. The SMILES string of the molecule is CCCCCCCCCCNCC1CCC=CO1. The van der Waals surface area contributed by atoms with Crippen molar-refractivity contribution in [2.24, 2.45) is 0 Å². The second-order valence-electron chi connectivity index (χ2n) is 5.39. The molecule has 1 aliphatic rings. The molecular formula is C16H31NO. The fourth-order valence-corrected chi connectivity index (χ4v) is 2.38. The second-order valence-corrected chi connectivity index (χ2v) is 5.39. The van der Waals surface area contributed by atoms with E-state index in [0.29, 0.717) is 6.10 Å². The normalized spacial score (nSPS) is 18.8. The Kier molecular flexibility index (Phi) is 10.0. The first-order valence-corrected chi connectivity index (χ1v) is 7.94. The first-order chi connectivity index (χ1) is 8.93. The highest BCUT2D eigenvalue weighted by Crippen LogP contribution is 2.10. The maximum atomic E-state index is 5.52. The van der Waals surface area contributed by atoms with Gasteiger partial charge in [0.15, 0.2) is 0 Å². The second kappa shape index (κ2) is 11.6. The molecule has 0 saturated heterocycles. The van der Waals surface area contributed by atoms with Crippen molar-refractivity contribution >= 4 is 0 Å².